The summed E-state index contributed by atoms with van der Waals surface area (Å²) >= 11 is 0. The molecule has 0 spiro atoms. The van der Waals surface area contributed by atoms with Crippen LogP contribution in [0.25, 0.3) is 100.0 Å². The van der Waals surface area contributed by atoms with E-state index in [4.69, 9.17) is 31.1 Å². The largest absolute Gasteiger partial charge is 0.437 e. The van der Waals surface area contributed by atoms with Crippen LogP contribution < -0.4 is 13.7 Å². The van der Waals surface area contributed by atoms with Gasteiger partial charge in [-0.15, -0.1) is 0 Å². The summed E-state index contributed by atoms with van der Waals surface area (Å²) in [7, 11) is 5.63. The average molecular weight is 951 g/mol. The van der Waals surface area contributed by atoms with E-state index in [1.165, 1.54) is 12.5 Å². The molecule has 1 unspecified atom stereocenters. The third-order valence-electron chi connectivity index (χ3n) is 13.2. The molecule has 71 heavy (non-hydrogen) atoms. The number of nitrogens with zero attached hydrogens (tertiary/aromatic N) is 6. The predicted octanol–water partition coefficient (Wildman–Crippen LogP) is 14.0. The van der Waals surface area contributed by atoms with Crippen LogP contribution in [0.4, 0.5) is 0 Å². The normalized spacial score (nSPS) is 15.8. The van der Waals surface area contributed by atoms with E-state index in [2.05, 4.69) is 70.0 Å². The maximum Gasteiger partial charge on any atom is 0.227 e. The van der Waals surface area contributed by atoms with Crippen molar-refractivity contribution in [2.24, 2.45) is 21.1 Å². The monoisotopic (exact) mass is 951 g/mol. The molecule has 0 saturated heterocycles. The Hall–Kier alpha value is -8.04. The van der Waals surface area contributed by atoms with E-state index in [1.54, 1.807) is 116 Å². The summed E-state index contributed by atoms with van der Waals surface area (Å²) in [5.74, 6) is -1.82. The number of fused-ring (bicyclic) bond motifs is 9. The highest BCUT2D eigenvalue weighted by molar-refractivity contribution is 6.12. The molecular weight excluding hydrogens is 877 g/mol. The van der Waals surface area contributed by atoms with Crippen LogP contribution in [0.5, 0.6) is 0 Å². The Kier molecular flexibility index (Phi) is 8.66. The molecule has 1 atom stereocenters. The van der Waals surface area contributed by atoms with Gasteiger partial charge >= 0.3 is 0 Å². The van der Waals surface area contributed by atoms with Crippen LogP contribution in [0, 0.1) is 55.2 Å². The Balaban J connectivity index is 0.000000143. The van der Waals surface area contributed by atoms with Crippen LogP contribution in [0.1, 0.15) is 87.7 Å². The Bertz CT molecular complexity index is 4590. The molecule has 12 rings (SSSR count). The second kappa shape index (κ2) is 18.4. The lowest BCUT2D eigenvalue weighted by Gasteiger charge is -2.10. The van der Waals surface area contributed by atoms with Gasteiger partial charge in [-0.25, -0.2) is 28.7 Å². The first-order chi connectivity index (χ1) is 39.3. The first-order valence-electron chi connectivity index (χ1n) is 29.7. The summed E-state index contributed by atoms with van der Waals surface area (Å²) in [4.78, 5) is 13.0. The molecule has 0 radical (unpaired) electrons. The fourth-order valence-electron chi connectivity index (χ4n) is 9.53. The van der Waals surface area contributed by atoms with Gasteiger partial charge in [-0.1, -0.05) is 38.0 Å². The van der Waals surface area contributed by atoms with Crippen LogP contribution in [-0.4, -0.2) is 15.0 Å². The standard InChI is InChI=1S/C22H23N2O.C21H21N2O.C19H17N2O/c1-13(2)16-8-10-24(5)18(12-16)20-15(4)11-14(3)19-17-7-6-9-23-22(17)25-21(19)20;1-12-10-17(23(5)11-15(12)4)19-14(3)9-13(2)18-16-7-6-8-22-21(16)24-20(18)19;1-12-7-9-14-15-10-8-13(2)20-19(15)22-18(14)17(12)16-6-4-5-11-21(16)3/h6-13H,1-5H3;6-11H,1-5H3;4-11H,1-3H3/q3*+1/i1D3,3D3,13D;2D3,4D3;. The van der Waals surface area contributed by atoms with Crippen LogP contribution in [0.15, 0.2) is 141 Å². The van der Waals surface area contributed by atoms with Gasteiger partial charge in [0.05, 0.1) is 16.7 Å². The van der Waals surface area contributed by atoms with Crippen LogP contribution >= 0.6 is 0 Å². The van der Waals surface area contributed by atoms with Gasteiger partial charge in [0.1, 0.15) is 21.1 Å². The fourth-order valence-corrected chi connectivity index (χ4v) is 9.53. The number of furan rings is 3. The lowest BCUT2D eigenvalue weighted by atomic mass is 9.95. The Labute approximate surface area is 433 Å². The topological polar surface area (TPSA) is 89.7 Å². The lowest BCUT2D eigenvalue weighted by molar-refractivity contribution is -0.660. The van der Waals surface area contributed by atoms with E-state index < -0.39 is 33.3 Å². The summed E-state index contributed by atoms with van der Waals surface area (Å²) in [6.07, 6.45) is 8.53. The SMILES string of the molecule is Cc1ccc2c(n1)oc1c(-c3cccc[n+]3C)c(C)ccc12.[2H]C([2H])([2H])c1c[n+](C)c(-c2c(C)cc(C([2H])([2H])[2H])c3c2oc2ncccc23)cc1C.[2H]C([2H])([2H])c1cc(C)c(-c2cc(C([2H])(C)C([2H])([2H])[2H])cc[n+]2C)c2oc3ncccc3c12. The number of rotatable bonds is 4. The second-order valence-electron chi connectivity index (χ2n) is 18.2. The molecule has 9 heteroatoms. The highest BCUT2D eigenvalue weighted by Gasteiger charge is 2.26. The van der Waals surface area contributed by atoms with E-state index in [0.717, 1.165) is 50.1 Å². The zero-order valence-electron chi connectivity index (χ0n) is 54.0. The Morgan fingerprint density at radius 2 is 1.08 bits per heavy atom. The Morgan fingerprint density at radius 1 is 0.493 bits per heavy atom. The molecule has 0 saturated carbocycles. The summed E-state index contributed by atoms with van der Waals surface area (Å²) in [5, 5.41) is 4.40. The summed E-state index contributed by atoms with van der Waals surface area (Å²) < 4.78 is 127. The molecule has 0 aliphatic rings. The third kappa shape index (κ3) is 8.29. The first kappa shape index (κ1) is 33.5. The van der Waals surface area contributed by atoms with Crippen molar-refractivity contribution in [1.29, 1.82) is 0 Å². The summed E-state index contributed by atoms with van der Waals surface area (Å²) in [6, 6.07) is 30.0. The molecule has 3 aromatic carbocycles. The molecule has 0 amide bonds. The number of pyridine rings is 6. The zero-order chi connectivity index (χ0) is 60.9. The highest BCUT2D eigenvalue weighted by atomic mass is 16.3. The van der Waals surface area contributed by atoms with Gasteiger partial charge in [0.15, 0.2) is 35.3 Å². The quantitative estimate of drug-likeness (QED) is 0.163. The Morgan fingerprint density at radius 3 is 1.70 bits per heavy atom. The van der Waals surface area contributed by atoms with Gasteiger partial charge in [-0.05, 0) is 142 Å². The van der Waals surface area contributed by atoms with Crippen molar-refractivity contribution in [3.8, 4) is 33.8 Å². The number of aryl methyl sites for hydroxylation is 11. The molecule has 0 fully saturated rings. The van der Waals surface area contributed by atoms with Crippen LogP contribution in [-0.2, 0) is 21.1 Å². The van der Waals surface area contributed by atoms with Gasteiger partial charge in [0.25, 0.3) is 0 Å². The van der Waals surface area contributed by atoms with Crippen molar-refractivity contribution in [3.05, 3.63) is 178 Å². The molecule has 0 N–H and O–H groups in total. The zero-order valence-corrected chi connectivity index (χ0v) is 41.0. The summed E-state index contributed by atoms with van der Waals surface area (Å²) in [5.41, 5.74) is 13.3. The number of aromatic nitrogens is 6. The van der Waals surface area contributed by atoms with E-state index in [-0.39, 0.29) is 16.7 Å². The minimum atomic E-state index is -2.52. The van der Waals surface area contributed by atoms with E-state index in [1.807, 2.05) is 26.0 Å². The van der Waals surface area contributed by atoms with Crippen molar-refractivity contribution in [1.82, 2.24) is 15.0 Å². The van der Waals surface area contributed by atoms with Crippen molar-refractivity contribution in [2.45, 2.75) is 74.8 Å². The highest BCUT2D eigenvalue weighted by Crippen LogP contribution is 2.41. The number of benzene rings is 3. The molecule has 0 bridgehead atoms. The van der Waals surface area contributed by atoms with Crippen molar-refractivity contribution in [3.63, 3.8) is 0 Å². The van der Waals surface area contributed by atoms with Crippen molar-refractivity contribution < 1.29 is 44.8 Å². The molecular formula is C62H61N6O3+3. The number of hydrogen-bond donors (Lipinski definition) is 0. The van der Waals surface area contributed by atoms with Gasteiger partial charge < -0.3 is 13.3 Å². The van der Waals surface area contributed by atoms with Gasteiger partial charge in [-0.2, -0.15) is 0 Å². The molecule has 0 aliphatic carbocycles. The minimum Gasteiger partial charge on any atom is -0.437 e. The average Bonchev–Trinajstić information content (AvgIpc) is 1.95. The first-order valence-corrected chi connectivity index (χ1v) is 23.2. The van der Waals surface area contributed by atoms with Gasteiger partial charge in [-0.3, -0.25) is 0 Å². The predicted molar refractivity (Wildman–Crippen MR) is 286 cm³/mol. The van der Waals surface area contributed by atoms with E-state index in [0.29, 0.717) is 77.8 Å². The molecule has 9 aromatic heterocycles. The van der Waals surface area contributed by atoms with Crippen LogP contribution in [0.3, 0.4) is 0 Å². The van der Waals surface area contributed by atoms with E-state index in [9.17, 15) is 0 Å². The molecule has 354 valence electrons. The number of hydrogen-bond acceptors (Lipinski definition) is 6. The summed E-state index contributed by atoms with van der Waals surface area (Å²) in [6.45, 7) is 1.42. The maximum absolute atomic E-state index is 8.49. The smallest absolute Gasteiger partial charge is 0.227 e. The van der Waals surface area contributed by atoms with Crippen LogP contribution in [0.2, 0.25) is 0 Å². The van der Waals surface area contributed by atoms with Crippen molar-refractivity contribution in [2.75, 3.05) is 0 Å². The maximum atomic E-state index is 8.49. The molecule has 9 nitrogen and oxygen atoms in total. The van der Waals surface area contributed by atoms with E-state index >= 15 is 0 Å². The second-order valence-corrected chi connectivity index (χ2v) is 18.2. The molecule has 12 aromatic rings. The van der Waals surface area contributed by atoms with Gasteiger partial charge in [0.2, 0.25) is 34.2 Å². The molecule has 0 aliphatic heterocycles. The minimum absolute atomic E-state index is 0.173. The van der Waals surface area contributed by atoms with Crippen molar-refractivity contribution >= 4 is 66.2 Å². The third-order valence-corrected chi connectivity index (χ3v) is 13.2. The lowest BCUT2D eigenvalue weighted by Crippen LogP contribution is -2.31. The fraction of sp³-hybridized carbons (Fsp3) is 0.226. The molecule has 9 heterocycles. The van der Waals surface area contributed by atoms with Gasteiger partial charge in [0, 0.05) is 104 Å².